The maximum Gasteiger partial charge on any atom is 0.126 e. The first-order valence-corrected chi connectivity index (χ1v) is 9.78. The third-order valence-corrected chi connectivity index (χ3v) is 5.16. The molecule has 0 aliphatic carbocycles. The fourth-order valence-electron chi connectivity index (χ4n) is 3.84. The molecule has 4 aromatic carbocycles. The zero-order valence-electron chi connectivity index (χ0n) is 16.2. The molecule has 0 amide bonds. The van der Waals surface area contributed by atoms with Crippen molar-refractivity contribution >= 4 is 10.9 Å². The van der Waals surface area contributed by atoms with Gasteiger partial charge in [-0.15, -0.1) is 0 Å². The lowest BCUT2D eigenvalue weighted by molar-refractivity contribution is 1.10. The highest BCUT2D eigenvalue weighted by molar-refractivity contribution is 6.03. The first-order chi connectivity index (χ1) is 14.3. The number of benzene rings is 4. The summed E-state index contributed by atoms with van der Waals surface area (Å²) in [6.45, 7) is 1.95. The highest BCUT2D eigenvalue weighted by Crippen LogP contribution is 2.36. The Morgan fingerprint density at radius 1 is 0.517 bits per heavy atom. The van der Waals surface area contributed by atoms with Crippen LogP contribution in [0, 0.1) is 6.92 Å². The van der Waals surface area contributed by atoms with E-state index in [1.807, 2.05) is 19.1 Å². The molecule has 0 spiro atoms. The third-order valence-electron chi connectivity index (χ3n) is 5.16. The van der Waals surface area contributed by atoms with E-state index in [0.29, 0.717) is 0 Å². The summed E-state index contributed by atoms with van der Waals surface area (Å²) in [5.74, 6) is 0.784. The van der Waals surface area contributed by atoms with E-state index in [-0.39, 0.29) is 0 Å². The largest absolute Gasteiger partial charge is 0.233 e. The van der Waals surface area contributed by atoms with Gasteiger partial charge in [0.15, 0.2) is 0 Å². The number of hydrogen-bond acceptors (Lipinski definition) is 2. The minimum atomic E-state index is 0.784. The van der Waals surface area contributed by atoms with Crippen molar-refractivity contribution in [3.8, 4) is 33.5 Å². The molecule has 0 bridgehead atoms. The molecular formula is C27H20N2. The maximum absolute atomic E-state index is 4.83. The monoisotopic (exact) mass is 372 g/mol. The molecular weight excluding hydrogens is 352 g/mol. The fraction of sp³-hybridized carbons (Fsp3) is 0.0370. The topological polar surface area (TPSA) is 25.8 Å². The predicted octanol–water partition coefficient (Wildman–Crippen LogP) is 6.94. The van der Waals surface area contributed by atoms with Gasteiger partial charge in [-0.1, -0.05) is 91.0 Å². The average molecular weight is 372 g/mol. The van der Waals surface area contributed by atoms with Gasteiger partial charge >= 0.3 is 0 Å². The molecule has 0 radical (unpaired) electrons. The Bertz CT molecular complexity index is 1290. The molecule has 0 atom stereocenters. The standard InChI is InChI=1S/C27H20N2/c1-19-28-25-17-9-16-24(26(25)27(29-19)21-12-6-3-7-13-21)23-15-8-14-22(18-23)20-10-4-2-5-11-20/h2-18H,1H3. The van der Waals surface area contributed by atoms with E-state index in [4.69, 9.17) is 9.97 Å². The number of nitrogens with zero attached hydrogens (tertiary/aromatic N) is 2. The Morgan fingerprint density at radius 3 is 1.90 bits per heavy atom. The SMILES string of the molecule is Cc1nc(-c2ccccc2)c2c(-c3cccc(-c4ccccc4)c3)cccc2n1. The molecule has 138 valence electrons. The second-order valence-electron chi connectivity index (χ2n) is 7.13. The first-order valence-electron chi connectivity index (χ1n) is 9.78. The average Bonchev–Trinajstić information content (AvgIpc) is 2.79. The summed E-state index contributed by atoms with van der Waals surface area (Å²) in [5.41, 5.74) is 7.79. The number of fused-ring (bicyclic) bond motifs is 1. The highest BCUT2D eigenvalue weighted by Gasteiger charge is 2.14. The van der Waals surface area contributed by atoms with E-state index in [9.17, 15) is 0 Å². The van der Waals surface area contributed by atoms with Crippen LogP contribution in [0.2, 0.25) is 0 Å². The van der Waals surface area contributed by atoms with E-state index in [2.05, 4.69) is 91.0 Å². The lowest BCUT2D eigenvalue weighted by Gasteiger charge is -2.13. The molecule has 2 heteroatoms. The van der Waals surface area contributed by atoms with Gasteiger partial charge in [-0.25, -0.2) is 9.97 Å². The van der Waals surface area contributed by atoms with Crippen molar-refractivity contribution in [1.82, 2.24) is 9.97 Å². The molecule has 0 fully saturated rings. The van der Waals surface area contributed by atoms with E-state index < -0.39 is 0 Å². The van der Waals surface area contributed by atoms with Crippen LogP contribution < -0.4 is 0 Å². The molecule has 2 nitrogen and oxygen atoms in total. The van der Waals surface area contributed by atoms with Crippen molar-refractivity contribution < 1.29 is 0 Å². The Labute approximate surface area is 170 Å². The van der Waals surface area contributed by atoms with Gasteiger partial charge in [-0.3, -0.25) is 0 Å². The van der Waals surface area contributed by atoms with Gasteiger partial charge in [0.1, 0.15) is 5.82 Å². The quantitative estimate of drug-likeness (QED) is 0.343. The van der Waals surface area contributed by atoms with E-state index in [0.717, 1.165) is 33.5 Å². The Hall–Kier alpha value is -3.78. The predicted molar refractivity (Wildman–Crippen MR) is 121 cm³/mol. The van der Waals surface area contributed by atoms with E-state index in [1.165, 1.54) is 16.7 Å². The van der Waals surface area contributed by atoms with E-state index >= 15 is 0 Å². The van der Waals surface area contributed by atoms with Crippen molar-refractivity contribution in [3.63, 3.8) is 0 Å². The number of rotatable bonds is 3. The third kappa shape index (κ3) is 3.30. The summed E-state index contributed by atoms with van der Waals surface area (Å²) in [7, 11) is 0. The van der Waals surface area contributed by atoms with Crippen LogP contribution in [0.5, 0.6) is 0 Å². The van der Waals surface area contributed by atoms with Gasteiger partial charge < -0.3 is 0 Å². The van der Waals surface area contributed by atoms with Crippen LogP contribution in [0.1, 0.15) is 5.82 Å². The second kappa shape index (κ2) is 7.33. The summed E-state index contributed by atoms with van der Waals surface area (Å²) >= 11 is 0. The molecule has 0 N–H and O–H groups in total. The van der Waals surface area contributed by atoms with Gasteiger partial charge in [0, 0.05) is 10.9 Å². The van der Waals surface area contributed by atoms with Crippen molar-refractivity contribution in [3.05, 3.63) is 109 Å². The van der Waals surface area contributed by atoms with Crippen LogP contribution in [-0.4, -0.2) is 9.97 Å². The van der Waals surface area contributed by atoms with Gasteiger partial charge in [0.05, 0.1) is 11.2 Å². The summed E-state index contributed by atoms with van der Waals surface area (Å²) in [4.78, 5) is 9.54. The summed E-state index contributed by atoms with van der Waals surface area (Å²) in [5, 5.41) is 1.09. The lowest BCUT2D eigenvalue weighted by atomic mass is 9.94. The molecule has 0 aliphatic heterocycles. The molecule has 0 saturated heterocycles. The van der Waals surface area contributed by atoms with Gasteiger partial charge in [0.25, 0.3) is 0 Å². The second-order valence-corrected chi connectivity index (χ2v) is 7.13. The number of aromatic nitrogens is 2. The molecule has 5 aromatic rings. The van der Waals surface area contributed by atoms with Crippen molar-refractivity contribution in [2.75, 3.05) is 0 Å². The lowest BCUT2D eigenvalue weighted by Crippen LogP contribution is -1.96. The molecule has 5 rings (SSSR count). The Morgan fingerprint density at radius 2 is 1.14 bits per heavy atom. The van der Waals surface area contributed by atoms with Crippen molar-refractivity contribution in [1.29, 1.82) is 0 Å². The Kier molecular flexibility index (Phi) is 4.38. The van der Waals surface area contributed by atoms with Crippen LogP contribution in [0.3, 0.4) is 0 Å². The van der Waals surface area contributed by atoms with Crippen LogP contribution in [0.25, 0.3) is 44.4 Å². The number of aryl methyl sites for hydroxylation is 1. The molecule has 0 saturated carbocycles. The molecule has 29 heavy (non-hydrogen) atoms. The summed E-state index contributed by atoms with van der Waals surface area (Å²) in [6.07, 6.45) is 0. The Balaban J connectivity index is 1.77. The minimum Gasteiger partial charge on any atom is -0.233 e. The van der Waals surface area contributed by atoms with Crippen LogP contribution in [0.4, 0.5) is 0 Å². The van der Waals surface area contributed by atoms with Crippen LogP contribution in [-0.2, 0) is 0 Å². The van der Waals surface area contributed by atoms with E-state index in [1.54, 1.807) is 0 Å². The summed E-state index contributed by atoms with van der Waals surface area (Å²) in [6, 6.07) is 35.8. The normalized spacial score (nSPS) is 10.9. The van der Waals surface area contributed by atoms with Crippen LogP contribution >= 0.6 is 0 Å². The maximum atomic E-state index is 4.83. The zero-order chi connectivity index (χ0) is 19.6. The fourth-order valence-corrected chi connectivity index (χ4v) is 3.84. The molecule has 0 aliphatic rings. The van der Waals surface area contributed by atoms with Crippen molar-refractivity contribution in [2.24, 2.45) is 0 Å². The summed E-state index contributed by atoms with van der Waals surface area (Å²) < 4.78 is 0. The number of hydrogen-bond donors (Lipinski definition) is 0. The smallest absolute Gasteiger partial charge is 0.126 e. The molecule has 1 heterocycles. The van der Waals surface area contributed by atoms with Gasteiger partial charge in [0.2, 0.25) is 0 Å². The van der Waals surface area contributed by atoms with Crippen molar-refractivity contribution in [2.45, 2.75) is 6.92 Å². The van der Waals surface area contributed by atoms with Gasteiger partial charge in [-0.2, -0.15) is 0 Å². The molecule has 1 aromatic heterocycles. The highest BCUT2D eigenvalue weighted by atomic mass is 14.9. The van der Waals surface area contributed by atoms with Gasteiger partial charge in [-0.05, 0) is 41.3 Å². The van der Waals surface area contributed by atoms with Crippen LogP contribution in [0.15, 0.2) is 103 Å². The molecule has 0 unspecified atom stereocenters. The zero-order valence-corrected chi connectivity index (χ0v) is 16.2. The first kappa shape index (κ1) is 17.3. The minimum absolute atomic E-state index is 0.784.